The molecule has 0 fully saturated rings. The molecule has 12 rings (SSSR count). The van der Waals surface area contributed by atoms with Crippen molar-refractivity contribution in [3.8, 4) is 21.8 Å². The van der Waals surface area contributed by atoms with Crippen molar-refractivity contribution >= 4 is 127 Å². The molecule has 0 radical (unpaired) electrons. The van der Waals surface area contributed by atoms with Crippen LogP contribution < -0.4 is 44.0 Å². The molecule has 5 amide bonds. The Bertz CT molecular complexity index is 5390. The molecule has 0 aliphatic heterocycles. The van der Waals surface area contributed by atoms with Gasteiger partial charge in [0.05, 0.1) is 18.4 Å². The van der Waals surface area contributed by atoms with E-state index in [4.69, 9.17) is 22.2 Å². The SMILES string of the molecule is C.C.CC(=O)c1ccc(N)nc1.CC(=O)c1ccc(NC(=O)c2c(F)cccc2F)nc1.CCC(=O)c1ccc(NC(=O)c2c(F)cccc2F)nc1.CON(C)C(=O)c1ccc(NC(=O)c2c(F)cccc2F)nc1.Cc1sc(-c2cccnc2)nc1-c1ccc(NC(=O)c2c(F)cccc2F)nc1.O=C(Cl)c1c(F)cccc1F.[Br-].[CH2-]C.[Mg+2]. The number of hydroxylamine groups is 2. The number of nitrogens with two attached hydrogens (primary N) is 1. The van der Waals surface area contributed by atoms with E-state index in [0.717, 1.165) is 105 Å². The Morgan fingerprint density at radius 1 is 0.450 bits per heavy atom. The van der Waals surface area contributed by atoms with E-state index in [-0.39, 0.29) is 101 Å². The molecule has 23 nitrogen and oxygen atoms in total. The van der Waals surface area contributed by atoms with Crippen molar-refractivity contribution in [1.29, 1.82) is 0 Å². The van der Waals surface area contributed by atoms with Crippen LogP contribution in [0.15, 0.2) is 207 Å². The number of nitrogens with one attached hydrogen (secondary N) is 4. The van der Waals surface area contributed by atoms with Crippen LogP contribution >= 0.6 is 22.9 Å². The normalized spacial score (nSPS) is 9.76. The second-order valence-electron chi connectivity index (χ2n) is 22.8. The molecule has 120 heavy (non-hydrogen) atoms. The number of nitrogen functional groups attached to an aromatic ring is 1. The maximum Gasteiger partial charge on any atom is 2.00 e. The largest absolute Gasteiger partial charge is 2.00 e. The first kappa shape index (κ1) is 103. The first-order valence-corrected chi connectivity index (χ1v) is 34.7. The Morgan fingerprint density at radius 3 is 1.05 bits per heavy atom. The molecule has 0 spiro atoms. The van der Waals surface area contributed by atoms with Crippen LogP contribution in [0, 0.1) is 72.0 Å². The number of carbonyl (C=O) groups is 9. The Morgan fingerprint density at radius 2 is 0.775 bits per heavy atom. The van der Waals surface area contributed by atoms with E-state index in [0.29, 0.717) is 28.9 Å². The van der Waals surface area contributed by atoms with E-state index in [1.807, 2.05) is 19.1 Å². The molecule has 7 aromatic heterocycles. The van der Waals surface area contributed by atoms with Crippen LogP contribution in [0.3, 0.4) is 0 Å². The number of hydrogen-bond acceptors (Lipinski definition) is 19. The first-order chi connectivity index (χ1) is 55.3. The zero-order valence-corrected chi connectivity index (χ0v) is 67.5. The Kier molecular flexibility index (Phi) is 43.7. The van der Waals surface area contributed by atoms with Gasteiger partial charge >= 0.3 is 23.1 Å². The van der Waals surface area contributed by atoms with Crippen LogP contribution in [0.2, 0.25) is 0 Å². The molecule has 0 unspecified atom stereocenters. The topological polar surface area (TPSA) is 330 Å². The molecule has 0 bridgehead atoms. The van der Waals surface area contributed by atoms with Crippen LogP contribution in [-0.2, 0) is 4.84 Å². The fourth-order valence-corrected chi connectivity index (χ4v) is 10.2. The maximum atomic E-state index is 13.7. The van der Waals surface area contributed by atoms with Gasteiger partial charge in [0, 0.05) is 89.5 Å². The van der Waals surface area contributed by atoms with Crippen molar-refractivity contribution in [1.82, 2.24) is 40.0 Å². The maximum absolute atomic E-state index is 13.7. The number of carbonyl (C=O) groups excluding carboxylic acids is 9. The Balaban J connectivity index is 0.000000497. The van der Waals surface area contributed by atoms with Gasteiger partial charge in [-0.2, -0.15) is 6.92 Å². The summed E-state index contributed by atoms with van der Waals surface area (Å²) < 4.78 is 133. The molecule has 12 aromatic rings. The summed E-state index contributed by atoms with van der Waals surface area (Å²) >= 11 is 6.44. The number of nitrogens with zero attached hydrogens (tertiary/aromatic N) is 8. The van der Waals surface area contributed by atoms with E-state index in [1.165, 1.54) is 107 Å². The molecule has 0 aliphatic carbocycles. The van der Waals surface area contributed by atoms with Crippen LogP contribution in [0.1, 0.15) is 147 Å². The van der Waals surface area contributed by atoms with E-state index in [1.54, 1.807) is 68.0 Å². The zero-order chi connectivity index (χ0) is 85.5. The minimum Gasteiger partial charge on any atom is -1.00 e. The summed E-state index contributed by atoms with van der Waals surface area (Å²) in [5, 5.41) is 9.94. The zero-order valence-electron chi connectivity index (χ0n) is 62.9. The van der Waals surface area contributed by atoms with Crippen molar-refractivity contribution in [3.63, 3.8) is 0 Å². The molecule has 6 N–H and O–H groups in total. The fraction of sp³-hybridized carbons (Fsp3) is 0.120. The molecule has 7 heterocycles. The molecule has 5 aromatic carbocycles. The van der Waals surface area contributed by atoms with Gasteiger partial charge < -0.3 is 50.9 Å². The Hall–Kier alpha value is -12.7. The number of halogens is 12. The quantitative estimate of drug-likeness (QED) is 0.0141. The molecule has 0 saturated carbocycles. The first-order valence-electron chi connectivity index (χ1n) is 33.5. The third-order valence-corrected chi connectivity index (χ3v) is 16.2. The van der Waals surface area contributed by atoms with E-state index >= 15 is 0 Å². The van der Waals surface area contributed by atoms with Crippen LogP contribution in [-0.4, -0.2) is 129 Å². The third-order valence-electron chi connectivity index (χ3n) is 15.0. The minimum absolute atomic E-state index is 0. The van der Waals surface area contributed by atoms with Gasteiger partial charge in [-0.25, -0.2) is 78.9 Å². The van der Waals surface area contributed by atoms with Crippen molar-refractivity contribution < 1.29 is 109 Å². The summed E-state index contributed by atoms with van der Waals surface area (Å²) in [4.78, 5) is 137. The van der Waals surface area contributed by atoms with Gasteiger partial charge in [-0.1, -0.05) is 52.1 Å². The van der Waals surface area contributed by atoms with Gasteiger partial charge in [-0.15, -0.1) is 11.3 Å². The monoisotopic (exact) mass is 1770 g/mol. The summed E-state index contributed by atoms with van der Waals surface area (Å²) in [6, 6.07) is 34.6. The predicted octanol–water partition coefficient (Wildman–Crippen LogP) is 15.3. The number of aryl methyl sites for hydroxylation is 1. The minimum atomic E-state index is -1.12. The number of amides is 5. The van der Waals surface area contributed by atoms with Gasteiger partial charge in [0.2, 0.25) is 0 Å². The molecule has 37 heteroatoms. The Labute approximate surface area is 717 Å². The number of aromatic nitrogens is 7. The average Bonchev–Trinajstić information content (AvgIpc) is 1.64. The van der Waals surface area contributed by atoms with Crippen molar-refractivity contribution in [2.24, 2.45) is 0 Å². The molecule has 622 valence electrons. The van der Waals surface area contributed by atoms with E-state index in [2.05, 4.69) is 63.1 Å². The van der Waals surface area contributed by atoms with Crippen molar-refractivity contribution in [2.45, 2.75) is 55.9 Å². The van der Waals surface area contributed by atoms with E-state index < -0.39 is 121 Å². The van der Waals surface area contributed by atoms with Crippen LogP contribution in [0.25, 0.3) is 21.8 Å². The summed E-state index contributed by atoms with van der Waals surface area (Å²) in [5.74, 6) is -13.1. The van der Waals surface area contributed by atoms with Crippen LogP contribution in [0.4, 0.5) is 73.0 Å². The number of anilines is 5. The number of pyridine rings is 6. The molecular weight excluding hydrogens is 1700 g/mol. The van der Waals surface area contributed by atoms with Crippen molar-refractivity contribution in [3.05, 3.63) is 327 Å². The summed E-state index contributed by atoms with van der Waals surface area (Å²) in [6.07, 6.45) is 10.6. The second-order valence-corrected chi connectivity index (χ2v) is 24.4. The standard InChI is InChI=1S/C21H14F2N4OS.C15H13F2N3O3.C15H12F2N2O2.C14H10F2N2O2.C7H3ClF2O.C7H8N2O.C2H5.2CH4.BrH.Mg/c1-12-19(27-21(29-12)14-4-3-9-24-10-14)13-7-8-17(25-11-13)26-20(28)18-15(22)5-2-6-16(18)23;1-20(23-2)15(22)9-6-7-12(18-8-9)19-14(21)13-10(16)4-3-5-11(13)17;1-2-12(20)9-6-7-13(18-8-9)19-15(21)14-10(16)4-3-5-11(14)17;1-8(19)9-5-6-12(17-7-9)18-14(20)13-10(15)3-2-4-11(13)16;8-7(11)6-4(9)2-1-3-5(6)10;1-5(10)6-2-3-7(8)9-4-6;1-2;;;;/h2-11H,1H3,(H,25,26,28);3-8H,1-2H3,(H,18,19,21);3-8H,2H2,1H3,(H,18,19,21);2-7H,1H3,(H,17,18,20);1-3H;2-4H,1H3,(H2,8,9);1H2,2H3;2*1H4;1H;/q;;;;;;-1;;;;+2/p-1. The third kappa shape index (κ3) is 30.0. The number of ketones is 3. The second kappa shape index (κ2) is 50.8. The predicted molar refractivity (Wildman–Crippen MR) is 432 cm³/mol. The smallest absolute Gasteiger partial charge is 1.00 e. The molecule has 0 atom stereocenters. The van der Waals surface area contributed by atoms with Gasteiger partial charge in [0.15, 0.2) is 17.3 Å². The number of benzene rings is 5. The van der Waals surface area contributed by atoms with Crippen molar-refractivity contribution in [2.75, 3.05) is 41.2 Å². The molecule has 0 aliphatic rings. The fourth-order valence-electron chi connectivity index (χ4n) is 9.13. The van der Waals surface area contributed by atoms with Gasteiger partial charge in [-0.3, -0.25) is 53.0 Å². The summed E-state index contributed by atoms with van der Waals surface area (Å²) in [7, 11) is 2.77. The van der Waals surface area contributed by atoms with Gasteiger partial charge in [0.25, 0.3) is 34.8 Å². The van der Waals surface area contributed by atoms with Gasteiger partial charge in [-0.05, 0) is 166 Å². The number of hydrogen-bond donors (Lipinski definition) is 5. The number of Topliss-reactive ketones (excluding diaryl/α,β-unsaturated/α-hetero) is 3. The average molecular weight is 1770 g/mol. The van der Waals surface area contributed by atoms with Crippen LogP contribution in [0.5, 0.6) is 0 Å². The number of thiazole rings is 1. The number of rotatable bonds is 17. The summed E-state index contributed by atoms with van der Waals surface area (Å²) in [6.45, 7) is 11.6. The van der Waals surface area contributed by atoms with Gasteiger partial charge in [0.1, 0.15) is 120 Å². The van der Waals surface area contributed by atoms with E-state index in [9.17, 15) is 87.1 Å². The molecular formula is C83H73BrClF10MgN13O10S. The molecule has 0 saturated heterocycles. The summed E-state index contributed by atoms with van der Waals surface area (Å²) in [5.41, 5.74) is 5.99.